The number of methoxy groups -OCH3 is 1. The summed E-state index contributed by atoms with van der Waals surface area (Å²) < 4.78 is 24.1. The standard InChI is InChI=1S/C16H16FNO3/c1-11-7-8-13(12(17)9-11)18-16(19)10-21-15-6-4-3-5-14(15)20-2/h3-9H,10H2,1-2H3,(H,18,19). The summed E-state index contributed by atoms with van der Waals surface area (Å²) in [4.78, 5) is 11.8. The molecule has 1 amide bonds. The Morgan fingerprint density at radius 2 is 1.90 bits per heavy atom. The number of anilines is 1. The molecule has 110 valence electrons. The Labute approximate surface area is 122 Å². The summed E-state index contributed by atoms with van der Waals surface area (Å²) in [6.07, 6.45) is 0. The van der Waals surface area contributed by atoms with Crippen molar-refractivity contribution in [3.05, 3.63) is 53.8 Å². The predicted molar refractivity (Wildman–Crippen MR) is 78.3 cm³/mol. The van der Waals surface area contributed by atoms with Crippen LogP contribution in [0.1, 0.15) is 5.56 Å². The monoisotopic (exact) mass is 289 g/mol. The van der Waals surface area contributed by atoms with Crippen LogP contribution >= 0.6 is 0 Å². The van der Waals surface area contributed by atoms with Crippen molar-refractivity contribution in [2.45, 2.75) is 6.92 Å². The van der Waals surface area contributed by atoms with Gasteiger partial charge in [-0.3, -0.25) is 4.79 Å². The normalized spacial score (nSPS) is 10.0. The third-order valence-corrected chi connectivity index (χ3v) is 2.83. The van der Waals surface area contributed by atoms with E-state index in [1.54, 1.807) is 37.3 Å². The van der Waals surface area contributed by atoms with E-state index in [1.165, 1.54) is 19.2 Å². The van der Waals surface area contributed by atoms with Crippen LogP contribution in [0.25, 0.3) is 0 Å². The summed E-state index contributed by atoms with van der Waals surface area (Å²) in [6.45, 7) is 1.55. The molecule has 2 aromatic carbocycles. The number of aryl methyl sites for hydroxylation is 1. The van der Waals surface area contributed by atoms with E-state index < -0.39 is 11.7 Å². The maximum Gasteiger partial charge on any atom is 0.262 e. The molecule has 0 atom stereocenters. The minimum absolute atomic E-state index is 0.134. The molecule has 0 saturated heterocycles. The number of carbonyl (C=O) groups excluding carboxylic acids is 1. The van der Waals surface area contributed by atoms with Gasteiger partial charge in [0, 0.05) is 0 Å². The molecule has 5 heteroatoms. The molecule has 21 heavy (non-hydrogen) atoms. The van der Waals surface area contributed by atoms with Crippen molar-refractivity contribution in [3.63, 3.8) is 0 Å². The summed E-state index contributed by atoms with van der Waals surface area (Å²) in [5, 5.41) is 2.47. The number of benzene rings is 2. The molecular weight excluding hydrogens is 273 g/mol. The SMILES string of the molecule is COc1ccccc1OCC(=O)Nc1ccc(C)cc1F. The molecule has 0 fully saturated rings. The van der Waals surface area contributed by atoms with Crippen molar-refractivity contribution < 1.29 is 18.7 Å². The van der Waals surface area contributed by atoms with E-state index in [4.69, 9.17) is 9.47 Å². The summed E-state index contributed by atoms with van der Waals surface area (Å²) in [6, 6.07) is 11.6. The van der Waals surface area contributed by atoms with Crippen LogP contribution in [0.2, 0.25) is 0 Å². The highest BCUT2D eigenvalue weighted by atomic mass is 19.1. The third-order valence-electron chi connectivity index (χ3n) is 2.83. The first kappa shape index (κ1) is 14.8. The largest absolute Gasteiger partial charge is 0.493 e. The first-order valence-corrected chi connectivity index (χ1v) is 6.42. The topological polar surface area (TPSA) is 47.6 Å². The van der Waals surface area contributed by atoms with E-state index in [0.717, 1.165) is 5.56 Å². The highest BCUT2D eigenvalue weighted by molar-refractivity contribution is 5.92. The Balaban J connectivity index is 1.96. The Morgan fingerprint density at radius 3 is 2.57 bits per heavy atom. The molecule has 0 radical (unpaired) electrons. The molecule has 0 unspecified atom stereocenters. The maximum absolute atomic E-state index is 13.6. The zero-order chi connectivity index (χ0) is 15.2. The summed E-state index contributed by atoms with van der Waals surface area (Å²) in [7, 11) is 1.52. The van der Waals surface area contributed by atoms with Crippen molar-refractivity contribution in [1.29, 1.82) is 0 Å². The minimum atomic E-state index is -0.472. The Morgan fingerprint density at radius 1 is 1.19 bits per heavy atom. The van der Waals surface area contributed by atoms with Gasteiger partial charge in [0.1, 0.15) is 5.82 Å². The van der Waals surface area contributed by atoms with Gasteiger partial charge in [-0.05, 0) is 36.8 Å². The van der Waals surface area contributed by atoms with E-state index in [9.17, 15) is 9.18 Å². The van der Waals surface area contributed by atoms with Crippen LogP contribution in [0.3, 0.4) is 0 Å². The number of amides is 1. The first-order valence-electron chi connectivity index (χ1n) is 6.42. The number of para-hydroxylation sites is 2. The summed E-state index contributed by atoms with van der Waals surface area (Å²) in [5.41, 5.74) is 0.921. The van der Waals surface area contributed by atoms with E-state index in [1.807, 2.05) is 0 Å². The van der Waals surface area contributed by atoms with Crippen molar-refractivity contribution in [2.75, 3.05) is 19.0 Å². The number of hydrogen-bond acceptors (Lipinski definition) is 3. The van der Waals surface area contributed by atoms with Gasteiger partial charge in [-0.2, -0.15) is 0 Å². The van der Waals surface area contributed by atoms with Crippen molar-refractivity contribution >= 4 is 11.6 Å². The Hall–Kier alpha value is -2.56. The summed E-state index contributed by atoms with van der Waals surface area (Å²) in [5.74, 6) is 0.0793. The van der Waals surface area contributed by atoms with Gasteiger partial charge in [0.2, 0.25) is 0 Å². The molecule has 2 aromatic rings. The van der Waals surface area contributed by atoms with Crippen molar-refractivity contribution in [2.24, 2.45) is 0 Å². The van der Waals surface area contributed by atoms with Crippen LogP contribution < -0.4 is 14.8 Å². The lowest BCUT2D eigenvalue weighted by atomic mass is 10.2. The molecule has 0 aliphatic carbocycles. The molecule has 0 spiro atoms. The minimum Gasteiger partial charge on any atom is -0.493 e. The van der Waals surface area contributed by atoms with Crippen LogP contribution in [-0.4, -0.2) is 19.6 Å². The van der Waals surface area contributed by atoms with Crippen LogP contribution in [0.15, 0.2) is 42.5 Å². The van der Waals surface area contributed by atoms with E-state index >= 15 is 0 Å². The first-order chi connectivity index (χ1) is 10.1. The zero-order valence-electron chi connectivity index (χ0n) is 11.9. The van der Waals surface area contributed by atoms with Crippen molar-refractivity contribution in [1.82, 2.24) is 0 Å². The second-order valence-corrected chi connectivity index (χ2v) is 4.47. The quantitative estimate of drug-likeness (QED) is 0.919. The number of rotatable bonds is 5. The fraction of sp³-hybridized carbons (Fsp3) is 0.188. The van der Waals surface area contributed by atoms with Gasteiger partial charge in [-0.15, -0.1) is 0 Å². The Bertz CT molecular complexity index is 643. The van der Waals surface area contributed by atoms with E-state index in [0.29, 0.717) is 11.5 Å². The summed E-state index contributed by atoms with van der Waals surface area (Å²) >= 11 is 0. The fourth-order valence-electron chi connectivity index (χ4n) is 1.79. The van der Waals surface area contributed by atoms with Crippen molar-refractivity contribution in [3.8, 4) is 11.5 Å². The molecular formula is C16H16FNO3. The fourth-order valence-corrected chi connectivity index (χ4v) is 1.79. The lowest BCUT2D eigenvalue weighted by Gasteiger charge is -2.11. The number of ether oxygens (including phenoxy) is 2. The average Bonchev–Trinajstić information content (AvgIpc) is 2.48. The average molecular weight is 289 g/mol. The number of halogens is 1. The molecule has 0 bridgehead atoms. The van der Waals surface area contributed by atoms with Crippen LogP contribution in [0.4, 0.5) is 10.1 Å². The number of nitrogens with one attached hydrogen (secondary N) is 1. The zero-order valence-corrected chi connectivity index (χ0v) is 11.9. The maximum atomic E-state index is 13.6. The molecule has 1 N–H and O–H groups in total. The number of carbonyl (C=O) groups is 1. The highest BCUT2D eigenvalue weighted by Gasteiger charge is 2.09. The van der Waals surface area contributed by atoms with Gasteiger partial charge >= 0.3 is 0 Å². The van der Waals surface area contributed by atoms with E-state index in [-0.39, 0.29) is 12.3 Å². The second-order valence-electron chi connectivity index (χ2n) is 4.47. The van der Waals surface area contributed by atoms with Crippen LogP contribution in [0.5, 0.6) is 11.5 Å². The molecule has 2 rings (SSSR count). The van der Waals surface area contributed by atoms with E-state index in [2.05, 4.69) is 5.32 Å². The van der Waals surface area contributed by atoms with Gasteiger partial charge < -0.3 is 14.8 Å². The van der Waals surface area contributed by atoms with Gasteiger partial charge in [0.25, 0.3) is 5.91 Å². The lowest BCUT2D eigenvalue weighted by molar-refractivity contribution is -0.118. The molecule has 0 heterocycles. The van der Waals surface area contributed by atoms with Gasteiger partial charge in [-0.1, -0.05) is 18.2 Å². The molecule has 0 saturated carbocycles. The lowest BCUT2D eigenvalue weighted by Crippen LogP contribution is -2.21. The smallest absolute Gasteiger partial charge is 0.262 e. The van der Waals surface area contributed by atoms with Crippen LogP contribution in [-0.2, 0) is 4.79 Å². The molecule has 0 aliphatic rings. The second kappa shape index (κ2) is 6.74. The van der Waals surface area contributed by atoms with Gasteiger partial charge in [-0.25, -0.2) is 4.39 Å². The van der Waals surface area contributed by atoms with Crippen LogP contribution in [0, 0.1) is 12.7 Å². The van der Waals surface area contributed by atoms with Gasteiger partial charge in [0.05, 0.1) is 12.8 Å². The third kappa shape index (κ3) is 3.95. The van der Waals surface area contributed by atoms with Gasteiger partial charge in [0.15, 0.2) is 18.1 Å². The predicted octanol–water partition coefficient (Wildman–Crippen LogP) is 3.16. The molecule has 4 nitrogen and oxygen atoms in total. The number of hydrogen-bond donors (Lipinski definition) is 1. The molecule has 0 aliphatic heterocycles. The Kier molecular flexibility index (Phi) is 4.77. The highest BCUT2D eigenvalue weighted by Crippen LogP contribution is 2.25. The molecule has 0 aromatic heterocycles.